The second-order valence-electron chi connectivity index (χ2n) is 5.58. The van der Waals surface area contributed by atoms with Gasteiger partial charge in [-0.3, -0.25) is 14.9 Å². The molecule has 0 fully saturated rings. The molecule has 1 amide bonds. The highest BCUT2D eigenvalue weighted by molar-refractivity contribution is 5.85. The number of nitrogens with zero attached hydrogens (tertiary/aromatic N) is 1. The van der Waals surface area contributed by atoms with Gasteiger partial charge in [0.05, 0.1) is 18.5 Å². The number of esters is 1. The minimum absolute atomic E-state index is 0.119. The first kappa shape index (κ1) is 19.0. The van der Waals surface area contributed by atoms with Crippen molar-refractivity contribution in [2.75, 3.05) is 7.11 Å². The highest BCUT2D eigenvalue weighted by Gasteiger charge is 2.22. The summed E-state index contributed by atoms with van der Waals surface area (Å²) in [4.78, 5) is 34.4. The average molecular weight is 360 g/mol. The monoisotopic (exact) mass is 360 g/mol. The third-order valence-electron chi connectivity index (χ3n) is 3.66. The molecule has 0 heterocycles. The van der Waals surface area contributed by atoms with Gasteiger partial charge in [-0.05, 0) is 23.3 Å². The van der Waals surface area contributed by atoms with E-state index in [1.165, 1.54) is 49.6 Å². The Balaban J connectivity index is 2.06. The van der Waals surface area contributed by atoms with Crippen molar-refractivity contribution in [1.82, 2.24) is 5.32 Å². The van der Waals surface area contributed by atoms with Crippen LogP contribution >= 0.6 is 0 Å². The van der Waals surface area contributed by atoms with Gasteiger partial charge in [0.1, 0.15) is 11.9 Å². The predicted octanol–water partition coefficient (Wildman–Crippen LogP) is 2.18. The third-order valence-corrected chi connectivity index (χ3v) is 3.66. The van der Waals surface area contributed by atoms with Crippen LogP contribution in [0.2, 0.25) is 0 Å². The van der Waals surface area contributed by atoms with Gasteiger partial charge in [-0.25, -0.2) is 9.18 Å². The zero-order valence-electron chi connectivity index (χ0n) is 14.0. The number of methoxy groups -OCH3 is 1. The number of carbonyl (C=O) groups excluding carboxylic acids is 2. The van der Waals surface area contributed by atoms with Crippen LogP contribution in [0.3, 0.4) is 0 Å². The maximum Gasteiger partial charge on any atom is 0.328 e. The summed E-state index contributed by atoms with van der Waals surface area (Å²) in [5.41, 5.74) is 0.977. The van der Waals surface area contributed by atoms with Crippen molar-refractivity contribution in [2.24, 2.45) is 0 Å². The van der Waals surface area contributed by atoms with E-state index in [0.29, 0.717) is 11.1 Å². The summed E-state index contributed by atoms with van der Waals surface area (Å²) in [6.45, 7) is 0. The predicted molar refractivity (Wildman–Crippen MR) is 90.9 cm³/mol. The summed E-state index contributed by atoms with van der Waals surface area (Å²) in [7, 11) is 1.20. The zero-order valence-corrected chi connectivity index (χ0v) is 14.0. The number of nitro groups is 1. The van der Waals surface area contributed by atoms with Crippen LogP contribution in [0.25, 0.3) is 0 Å². The molecule has 0 aliphatic heterocycles. The first-order chi connectivity index (χ1) is 12.4. The molecule has 2 rings (SSSR count). The van der Waals surface area contributed by atoms with Gasteiger partial charge in [-0.2, -0.15) is 0 Å². The molecule has 26 heavy (non-hydrogen) atoms. The summed E-state index contributed by atoms with van der Waals surface area (Å²) in [5.74, 6) is -1.53. The van der Waals surface area contributed by atoms with Gasteiger partial charge < -0.3 is 10.1 Å². The number of nitro benzene ring substituents is 1. The molecule has 2 aromatic rings. The molecule has 7 nitrogen and oxygen atoms in total. The van der Waals surface area contributed by atoms with E-state index in [4.69, 9.17) is 4.74 Å². The van der Waals surface area contributed by atoms with Crippen molar-refractivity contribution >= 4 is 17.6 Å². The van der Waals surface area contributed by atoms with Crippen molar-refractivity contribution in [2.45, 2.75) is 18.9 Å². The summed E-state index contributed by atoms with van der Waals surface area (Å²) >= 11 is 0. The molecule has 0 spiro atoms. The Hall–Kier alpha value is -3.29. The van der Waals surface area contributed by atoms with E-state index < -0.39 is 28.7 Å². The first-order valence-corrected chi connectivity index (χ1v) is 7.74. The first-order valence-electron chi connectivity index (χ1n) is 7.74. The molecule has 1 atom stereocenters. The molecule has 2 aromatic carbocycles. The third kappa shape index (κ3) is 5.37. The van der Waals surface area contributed by atoms with Crippen LogP contribution in [-0.2, 0) is 27.2 Å². The number of carbonyl (C=O) groups is 2. The van der Waals surface area contributed by atoms with Crippen LogP contribution in [0, 0.1) is 15.9 Å². The SMILES string of the molecule is COC(=O)[C@@H](Cc1ccc(F)cc1)NC(=O)Cc1cccc([N+](=O)[O-])c1. The molecular formula is C18H17FN2O5. The number of benzene rings is 2. The molecule has 0 radical (unpaired) electrons. The largest absolute Gasteiger partial charge is 0.467 e. The van der Waals surface area contributed by atoms with Crippen LogP contribution < -0.4 is 5.32 Å². The summed E-state index contributed by atoms with van der Waals surface area (Å²) in [6.07, 6.45) is 0.00617. The van der Waals surface area contributed by atoms with Gasteiger partial charge in [0, 0.05) is 18.6 Å². The standard InChI is InChI=1S/C18H17FN2O5/c1-26-18(23)16(10-12-5-7-14(19)8-6-12)20-17(22)11-13-3-2-4-15(9-13)21(24)25/h2-9,16H,10-11H2,1H3,(H,20,22)/t16-/m1/s1. The molecule has 1 N–H and O–H groups in total. The number of non-ortho nitro benzene ring substituents is 1. The molecule has 0 aliphatic carbocycles. The lowest BCUT2D eigenvalue weighted by Gasteiger charge is -2.16. The Kier molecular flexibility index (Phi) is 6.37. The molecule has 0 saturated heterocycles. The van der Waals surface area contributed by atoms with Crippen molar-refractivity contribution in [3.05, 3.63) is 75.6 Å². The lowest BCUT2D eigenvalue weighted by atomic mass is 10.0. The molecule has 0 aliphatic rings. The Morgan fingerprint density at radius 1 is 1.19 bits per heavy atom. The fraction of sp³-hybridized carbons (Fsp3) is 0.222. The highest BCUT2D eigenvalue weighted by Crippen LogP contribution is 2.14. The summed E-state index contributed by atoms with van der Waals surface area (Å²) in [6, 6.07) is 10.3. The fourth-order valence-corrected chi connectivity index (χ4v) is 2.40. The summed E-state index contributed by atoms with van der Waals surface area (Å²) < 4.78 is 17.7. The van der Waals surface area contributed by atoms with Gasteiger partial charge in [-0.15, -0.1) is 0 Å². The second kappa shape index (κ2) is 8.70. The van der Waals surface area contributed by atoms with Gasteiger partial charge in [0.2, 0.25) is 5.91 Å². The van der Waals surface area contributed by atoms with Crippen LogP contribution in [0.5, 0.6) is 0 Å². The fourth-order valence-electron chi connectivity index (χ4n) is 2.40. The van der Waals surface area contributed by atoms with Crippen LogP contribution in [0.1, 0.15) is 11.1 Å². The van der Waals surface area contributed by atoms with E-state index in [1.807, 2.05) is 0 Å². The number of ether oxygens (including phenoxy) is 1. The molecule has 0 bridgehead atoms. The molecule has 0 unspecified atom stereocenters. The van der Waals surface area contributed by atoms with E-state index in [9.17, 15) is 24.1 Å². The highest BCUT2D eigenvalue weighted by atomic mass is 19.1. The second-order valence-corrected chi connectivity index (χ2v) is 5.58. The Bertz CT molecular complexity index is 807. The number of nitrogens with one attached hydrogen (secondary N) is 1. The number of rotatable bonds is 7. The van der Waals surface area contributed by atoms with Crippen LogP contribution in [-0.4, -0.2) is 30.0 Å². The lowest BCUT2D eigenvalue weighted by Crippen LogP contribution is -2.43. The normalized spacial score (nSPS) is 11.5. The van der Waals surface area contributed by atoms with Gasteiger partial charge in [0.15, 0.2) is 0 Å². The van der Waals surface area contributed by atoms with Crippen molar-refractivity contribution in [3.8, 4) is 0 Å². The Morgan fingerprint density at radius 3 is 2.50 bits per heavy atom. The number of hydrogen-bond donors (Lipinski definition) is 1. The van der Waals surface area contributed by atoms with E-state index in [2.05, 4.69) is 5.32 Å². The minimum Gasteiger partial charge on any atom is -0.467 e. The van der Waals surface area contributed by atoms with Crippen LogP contribution in [0.4, 0.5) is 10.1 Å². The summed E-state index contributed by atoms with van der Waals surface area (Å²) in [5, 5.41) is 13.3. The maximum atomic E-state index is 13.0. The Morgan fingerprint density at radius 2 is 1.88 bits per heavy atom. The van der Waals surface area contributed by atoms with Crippen molar-refractivity contribution in [3.63, 3.8) is 0 Å². The Labute approximate surface area is 148 Å². The minimum atomic E-state index is -0.948. The van der Waals surface area contributed by atoms with Gasteiger partial charge in [-0.1, -0.05) is 24.3 Å². The molecule has 0 saturated carbocycles. The zero-order chi connectivity index (χ0) is 19.1. The maximum absolute atomic E-state index is 13.0. The number of hydrogen-bond acceptors (Lipinski definition) is 5. The molecule has 136 valence electrons. The van der Waals surface area contributed by atoms with Gasteiger partial charge >= 0.3 is 5.97 Å². The van der Waals surface area contributed by atoms with Crippen molar-refractivity contribution in [1.29, 1.82) is 0 Å². The van der Waals surface area contributed by atoms with E-state index in [0.717, 1.165) is 0 Å². The molecule has 8 heteroatoms. The smallest absolute Gasteiger partial charge is 0.328 e. The van der Waals surface area contributed by atoms with E-state index in [-0.39, 0.29) is 18.5 Å². The van der Waals surface area contributed by atoms with E-state index in [1.54, 1.807) is 6.07 Å². The van der Waals surface area contributed by atoms with Crippen molar-refractivity contribution < 1.29 is 23.6 Å². The quantitative estimate of drug-likeness (QED) is 0.464. The molecule has 0 aromatic heterocycles. The topological polar surface area (TPSA) is 98.5 Å². The van der Waals surface area contributed by atoms with Gasteiger partial charge in [0.25, 0.3) is 5.69 Å². The number of halogens is 1. The van der Waals surface area contributed by atoms with Crippen LogP contribution in [0.15, 0.2) is 48.5 Å². The molecular weight excluding hydrogens is 343 g/mol. The van der Waals surface area contributed by atoms with E-state index >= 15 is 0 Å². The number of amides is 1. The average Bonchev–Trinajstić information content (AvgIpc) is 2.62. The lowest BCUT2D eigenvalue weighted by molar-refractivity contribution is -0.384.